The molecule has 1 N–H and O–H groups in total. The van der Waals surface area contributed by atoms with Crippen LogP contribution in [0.3, 0.4) is 0 Å². The lowest BCUT2D eigenvalue weighted by Gasteiger charge is -2.14. The molecule has 0 radical (unpaired) electrons. The zero-order chi connectivity index (χ0) is 28.9. The number of nitro benzene ring substituents is 1. The van der Waals surface area contributed by atoms with Crippen molar-refractivity contribution >= 4 is 22.5 Å². The first-order chi connectivity index (χ1) is 19.9. The number of nitrogens with one attached hydrogen (secondary N) is 1. The maximum Gasteiger partial charge on any atom is 0.332 e. The number of para-hydroxylation sites is 2. The number of carbonyl (C=O) groups excluding carboxylic acids is 1. The SMILES string of the molecule is COc1ccccc1CNC(=O)c1ccc(Cn2c(=O)c3ccccc3n(Cc3cccc([N+](=O)[O-])c3)c2=O)cc1. The number of ether oxygens (including phenoxy) is 1. The summed E-state index contributed by atoms with van der Waals surface area (Å²) >= 11 is 0. The molecule has 0 spiro atoms. The number of fused-ring (bicyclic) bond motifs is 1. The number of rotatable bonds is 9. The van der Waals surface area contributed by atoms with Crippen molar-refractivity contribution in [3.05, 3.63) is 150 Å². The Bertz CT molecular complexity index is 1880. The van der Waals surface area contributed by atoms with Crippen molar-refractivity contribution in [3.8, 4) is 5.75 Å². The second-order valence-corrected chi connectivity index (χ2v) is 9.40. The van der Waals surface area contributed by atoms with E-state index in [0.29, 0.717) is 39.9 Å². The van der Waals surface area contributed by atoms with Crippen LogP contribution in [0.25, 0.3) is 10.9 Å². The monoisotopic (exact) mass is 550 g/mol. The van der Waals surface area contributed by atoms with E-state index in [1.54, 1.807) is 67.8 Å². The molecule has 10 heteroatoms. The summed E-state index contributed by atoms with van der Waals surface area (Å²) < 4.78 is 7.90. The van der Waals surface area contributed by atoms with Crippen molar-refractivity contribution in [1.82, 2.24) is 14.5 Å². The van der Waals surface area contributed by atoms with Crippen LogP contribution in [0.5, 0.6) is 5.75 Å². The second-order valence-electron chi connectivity index (χ2n) is 9.40. The molecule has 10 nitrogen and oxygen atoms in total. The minimum absolute atomic E-state index is 0.0133. The third-order valence-electron chi connectivity index (χ3n) is 6.78. The van der Waals surface area contributed by atoms with Crippen molar-refractivity contribution < 1.29 is 14.5 Å². The van der Waals surface area contributed by atoms with E-state index < -0.39 is 16.2 Å². The fraction of sp³-hybridized carbons (Fsp3) is 0.129. The summed E-state index contributed by atoms with van der Waals surface area (Å²) in [7, 11) is 1.57. The van der Waals surface area contributed by atoms with Crippen molar-refractivity contribution in [2.45, 2.75) is 19.6 Å². The molecule has 1 aromatic heterocycles. The largest absolute Gasteiger partial charge is 0.496 e. The van der Waals surface area contributed by atoms with E-state index in [2.05, 4.69) is 5.32 Å². The molecule has 41 heavy (non-hydrogen) atoms. The molecule has 5 aromatic rings. The molecule has 0 fully saturated rings. The molecule has 0 unspecified atom stereocenters. The van der Waals surface area contributed by atoms with Gasteiger partial charge in [0, 0.05) is 29.8 Å². The molecule has 0 saturated carbocycles. The van der Waals surface area contributed by atoms with Crippen molar-refractivity contribution in [1.29, 1.82) is 0 Å². The molecule has 0 bridgehead atoms. The lowest BCUT2D eigenvalue weighted by Crippen LogP contribution is -2.40. The molecule has 1 heterocycles. The van der Waals surface area contributed by atoms with E-state index in [1.165, 1.54) is 16.7 Å². The Labute approximate surface area is 234 Å². The summed E-state index contributed by atoms with van der Waals surface area (Å²) in [6.45, 7) is 0.328. The number of hydrogen-bond donors (Lipinski definition) is 1. The number of methoxy groups -OCH3 is 1. The maximum absolute atomic E-state index is 13.6. The number of amides is 1. The minimum Gasteiger partial charge on any atom is -0.496 e. The smallest absolute Gasteiger partial charge is 0.332 e. The summed E-state index contributed by atoms with van der Waals surface area (Å²) in [6, 6.07) is 26.9. The summed E-state index contributed by atoms with van der Waals surface area (Å²) in [4.78, 5) is 50.4. The summed E-state index contributed by atoms with van der Waals surface area (Å²) in [6.07, 6.45) is 0. The van der Waals surface area contributed by atoms with E-state index in [1.807, 2.05) is 24.3 Å². The minimum atomic E-state index is -0.543. The Morgan fingerprint density at radius 3 is 2.32 bits per heavy atom. The van der Waals surface area contributed by atoms with Gasteiger partial charge >= 0.3 is 5.69 Å². The van der Waals surface area contributed by atoms with Crippen molar-refractivity contribution in [2.75, 3.05) is 7.11 Å². The molecule has 4 aromatic carbocycles. The molecule has 1 amide bonds. The van der Waals surface area contributed by atoms with E-state index in [0.717, 1.165) is 10.1 Å². The third-order valence-corrected chi connectivity index (χ3v) is 6.78. The van der Waals surface area contributed by atoms with E-state index in [-0.39, 0.29) is 24.7 Å². The lowest BCUT2D eigenvalue weighted by atomic mass is 10.1. The van der Waals surface area contributed by atoms with Gasteiger partial charge in [-0.15, -0.1) is 0 Å². The quantitative estimate of drug-likeness (QED) is 0.218. The molecule has 0 saturated heterocycles. The van der Waals surface area contributed by atoms with Crippen molar-refractivity contribution in [3.63, 3.8) is 0 Å². The number of nitro groups is 1. The molecule has 0 aliphatic carbocycles. The average molecular weight is 551 g/mol. The zero-order valence-electron chi connectivity index (χ0n) is 22.2. The number of non-ortho nitro benzene ring substituents is 1. The predicted molar refractivity (Wildman–Crippen MR) is 154 cm³/mol. The Hall–Kier alpha value is -5.51. The van der Waals surface area contributed by atoms with Crippen LogP contribution in [0.4, 0.5) is 5.69 Å². The molecule has 5 rings (SSSR count). The highest BCUT2D eigenvalue weighted by Crippen LogP contribution is 2.18. The Kier molecular flexibility index (Phi) is 7.73. The highest BCUT2D eigenvalue weighted by Gasteiger charge is 2.15. The molecule has 206 valence electrons. The van der Waals surface area contributed by atoms with Gasteiger partial charge < -0.3 is 10.1 Å². The maximum atomic E-state index is 13.6. The van der Waals surface area contributed by atoms with Crippen LogP contribution >= 0.6 is 0 Å². The molecular weight excluding hydrogens is 524 g/mol. The van der Waals surface area contributed by atoms with Crippen LogP contribution in [0, 0.1) is 10.1 Å². The average Bonchev–Trinajstić information content (AvgIpc) is 3.00. The van der Waals surface area contributed by atoms with Gasteiger partial charge in [0.05, 0.1) is 36.0 Å². The van der Waals surface area contributed by atoms with Gasteiger partial charge in [-0.3, -0.25) is 28.8 Å². The van der Waals surface area contributed by atoms with Crippen LogP contribution in [-0.2, 0) is 19.6 Å². The van der Waals surface area contributed by atoms with Gasteiger partial charge in [0.2, 0.25) is 0 Å². The normalized spacial score (nSPS) is 10.9. The fourth-order valence-corrected chi connectivity index (χ4v) is 4.68. The predicted octanol–water partition coefficient (Wildman–Crippen LogP) is 4.11. The van der Waals surface area contributed by atoms with Gasteiger partial charge in [-0.1, -0.05) is 54.6 Å². The Morgan fingerprint density at radius 1 is 0.854 bits per heavy atom. The van der Waals surface area contributed by atoms with Crippen LogP contribution < -0.4 is 21.3 Å². The lowest BCUT2D eigenvalue weighted by molar-refractivity contribution is -0.384. The number of aromatic nitrogens is 2. The van der Waals surface area contributed by atoms with Gasteiger partial charge in [-0.05, 0) is 41.5 Å². The first-order valence-electron chi connectivity index (χ1n) is 12.8. The number of benzene rings is 4. The van der Waals surface area contributed by atoms with Crippen molar-refractivity contribution in [2.24, 2.45) is 0 Å². The Morgan fingerprint density at radius 2 is 1.56 bits per heavy atom. The first-order valence-corrected chi connectivity index (χ1v) is 12.8. The van der Waals surface area contributed by atoms with Crippen LogP contribution in [0.1, 0.15) is 27.0 Å². The third kappa shape index (κ3) is 5.76. The fourth-order valence-electron chi connectivity index (χ4n) is 4.68. The first kappa shape index (κ1) is 27.1. The van der Waals surface area contributed by atoms with E-state index >= 15 is 0 Å². The van der Waals surface area contributed by atoms with E-state index in [9.17, 15) is 24.5 Å². The van der Waals surface area contributed by atoms with E-state index in [4.69, 9.17) is 4.74 Å². The number of hydrogen-bond acceptors (Lipinski definition) is 6. The van der Waals surface area contributed by atoms with Gasteiger partial charge in [0.25, 0.3) is 17.2 Å². The topological polar surface area (TPSA) is 125 Å². The molecule has 0 aliphatic rings. The number of nitrogens with zero attached hydrogens (tertiary/aromatic N) is 3. The summed E-state index contributed by atoms with van der Waals surface area (Å²) in [5.74, 6) is 0.407. The second kappa shape index (κ2) is 11.7. The summed E-state index contributed by atoms with van der Waals surface area (Å²) in [5.41, 5.74) is 1.85. The van der Waals surface area contributed by atoms with Crippen LogP contribution in [0.15, 0.2) is 107 Å². The van der Waals surface area contributed by atoms with Gasteiger partial charge in [-0.25, -0.2) is 4.79 Å². The molecule has 0 aliphatic heterocycles. The highest BCUT2D eigenvalue weighted by atomic mass is 16.6. The molecular formula is C31H26N4O6. The number of carbonyl (C=O) groups is 1. The van der Waals surface area contributed by atoms with Gasteiger partial charge in [0.15, 0.2) is 0 Å². The van der Waals surface area contributed by atoms with Gasteiger partial charge in [0.1, 0.15) is 5.75 Å². The Balaban J connectivity index is 1.41. The zero-order valence-corrected chi connectivity index (χ0v) is 22.2. The standard InChI is InChI=1S/C31H26N4O6/c1-41-28-12-5-2-8-24(28)18-32-29(36)23-15-13-21(14-16-23)19-34-30(37)26-10-3-4-11-27(26)33(31(34)38)20-22-7-6-9-25(17-22)35(39)40/h2-17H,18-20H2,1H3,(H,32,36). The highest BCUT2D eigenvalue weighted by molar-refractivity contribution is 5.94. The van der Waals surface area contributed by atoms with Crippen LogP contribution in [-0.4, -0.2) is 27.1 Å². The molecule has 0 atom stereocenters. The summed E-state index contributed by atoms with van der Waals surface area (Å²) in [5, 5.41) is 14.5. The van der Waals surface area contributed by atoms with Crippen LogP contribution in [0.2, 0.25) is 0 Å². The van der Waals surface area contributed by atoms with Gasteiger partial charge in [-0.2, -0.15) is 0 Å².